The van der Waals surface area contributed by atoms with Gasteiger partial charge >= 0.3 is 0 Å². The third-order valence-electron chi connectivity index (χ3n) is 3.81. The number of rotatable bonds is 8. The van der Waals surface area contributed by atoms with Crippen LogP contribution in [0.1, 0.15) is 23.6 Å². The fraction of sp³-hybridized carbons (Fsp3) is 0.368. The standard InChI is InChI=1S/C19H25FN4O3S.HI/c1-4-27-18-9-14(7-8-22-18)11-23-19(21-2)24-12-16-10-17(20)6-5-15(16)13-28(3,25)26;/h5-10H,4,11-13H2,1-3H3,(H2,21,23,24);1H. The van der Waals surface area contributed by atoms with Gasteiger partial charge in [0.2, 0.25) is 5.88 Å². The first-order valence-electron chi connectivity index (χ1n) is 8.78. The molecule has 0 radical (unpaired) electrons. The lowest BCUT2D eigenvalue weighted by Gasteiger charge is -2.14. The van der Waals surface area contributed by atoms with E-state index in [2.05, 4.69) is 20.6 Å². The van der Waals surface area contributed by atoms with Crippen molar-refractivity contribution in [2.75, 3.05) is 19.9 Å². The minimum Gasteiger partial charge on any atom is -0.478 e. The number of guanidine groups is 1. The number of sulfone groups is 1. The number of nitrogens with zero attached hydrogens (tertiary/aromatic N) is 2. The molecule has 0 amide bonds. The van der Waals surface area contributed by atoms with Crippen LogP contribution < -0.4 is 15.4 Å². The van der Waals surface area contributed by atoms with Crippen LogP contribution >= 0.6 is 24.0 Å². The molecule has 0 unspecified atom stereocenters. The van der Waals surface area contributed by atoms with E-state index in [9.17, 15) is 12.8 Å². The summed E-state index contributed by atoms with van der Waals surface area (Å²) in [6, 6.07) is 7.78. The van der Waals surface area contributed by atoms with Crippen LogP contribution in [0.3, 0.4) is 0 Å². The molecule has 0 saturated carbocycles. The number of benzene rings is 1. The van der Waals surface area contributed by atoms with Crippen LogP contribution in [0, 0.1) is 5.82 Å². The van der Waals surface area contributed by atoms with E-state index in [1.165, 1.54) is 18.2 Å². The molecule has 2 rings (SSSR count). The summed E-state index contributed by atoms with van der Waals surface area (Å²) in [5.74, 6) is 0.490. The van der Waals surface area contributed by atoms with Gasteiger partial charge in [0.05, 0.1) is 12.4 Å². The summed E-state index contributed by atoms with van der Waals surface area (Å²) >= 11 is 0. The maximum atomic E-state index is 13.6. The highest BCUT2D eigenvalue weighted by atomic mass is 127. The van der Waals surface area contributed by atoms with Gasteiger partial charge in [0.1, 0.15) is 5.82 Å². The van der Waals surface area contributed by atoms with Crippen molar-refractivity contribution in [1.82, 2.24) is 15.6 Å². The topological polar surface area (TPSA) is 92.7 Å². The van der Waals surface area contributed by atoms with Gasteiger partial charge in [-0.1, -0.05) is 6.07 Å². The van der Waals surface area contributed by atoms with Crippen molar-refractivity contribution in [2.24, 2.45) is 4.99 Å². The predicted molar refractivity (Wildman–Crippen MR) is 123 cm³/mol. The van der Waals surface area contributed by atoms with Gasteiger partial charge in [-0.15, -0.1) is 24.0 Å². The molecule has 0 fully saturated rings. The lowest BCUT2D eigenvalue weighted by Crippen LogP contribution is -2.36. The number of hydrogen-bond donors (Lipinski definition) is 2. The molecule has 0 aliphatic rings. The maximum absolute atomic E-state index is 13.6. The molecule has 1 aromatic heterocycles. The van der Waals surface area contributed by atoms with Crippen LogP contribution in [0.25, 0.3) is 0 Å². The van der Waals surface area contributed by atoms with Gasteiger partial charge in [0.25, 0.3) is 0 Å². The first-order valence-corrected chi connectivity index (χ1v) is 10.8. The summed E-state index contributed by atoms with van der Waals surface area (Å²) in [5, 5.41) is 6.23. The van der Waals surface area contributed by atoms with E-state index < -0.39 is 15.7 Å². The molecule has 0 atom stereocenters. The van der Waals surface area contributed by atoms with Gasteiger partial charge in [-0.3, -0.25) is 4.99 Å². The molecular formula is C19H26FIN4O3S. The number of pyridine rings is 1. The van der Waals surface area contributed by atoms with Crippen LogP contribution in [0.15, 0.2) is 41.5 Å². The van der Waals surface area contributed by atoms with E-state index in [-0.39, 0.29) is 36.3 Å². The number of nitrogens with one attached hydrogen (secondary N) is 2. The van der Waals surface area contributed by atoms with Crippen molar-refractivity contribution in [3.05, 3.63) is 59.0 Å². The van der Waals surface area contributed by atoms with Crippen LogP contribution in [0.5, 0.6) is 5.88 Å². The molecule has 0 bridgehead atoms. The molecule has 10 heteroatoms. The van der Waals surface area contributed by atoms with Crippen LogP contribution in [0.2, 0.25) is 0 Å². The Balaban J connectivity index is 0.00000420. The Morgan fingerprint density at radius 1 is 1.17 bits per heavy atom. The smallest absolute Gasteiger partial charge is 0.213 e. The van der Waals surface area contributed by atoms with Crippen molar-refractivity contribution in [2.45, 2.75) is 25.8 Å². The normalized spacial score (nSPS) is 11.5. The summed E-state index contributed by atoms with van der Waals surface area (Å²) < 4.78 is 42.2. The highest BCUT2D eigenvalue weighted by Crippen LogP contribution is 2.14. The van der Waals surface area contributed by atoms with Gasteiger partial charge in [-0.25, -0.2) is 17.8 Å². The molecule has 0 aliphatic carbocycles. The van der Waals surface area contributed by atoms with Gasteiger partial charge in [-0.2, -0.15) is 0 Å². The second-order valence-corrected chi connectivity index (χ2v) is 8.34. The Hall–Kier alpha value is -1.95. The molecule has 2 aromatic rings. The van der Waals surface area contributed by atoms with E-state index in [0.717, 1.165) is 11.8 Å². The zero-order valence-electron chi connectivity index (χ0n) is 16.6. The van der Waals surface area contributed by atoms with Crippen molar-refractivity contribution >= 4 is 39.8 Å². The van der Waals surface area contributed by atoms with Crippen molar-refractivity contribution in [3.8, 4) is 5.88 Å². The number of hydrogen-bond acceptors (Lipinski definition) is 5. The molecular weight excluding hydrogens is 510 g/mol. The van der Waals surface area contributed by atoms with Gasteiger partial charge in [0, 0.05) is 38.7 Å². The van der Waals surface area contributed by atoms with E-state index in [0.29, 0.717) is 36.1 Å². The Morgan fingerprint density at radius 3 is 2.55 bits per heavy atom. The van der Waals surface area contributed by atoms with Gasteiger partial charge in [-0.05, 0) is 41.8 Å². The SMILES string of the molecule is CCOc1cc(CNC(=NC)NCc2cc(F)ccc2CS(C)(=O)=O)ccn1.I. The molecule has 160 valence electrons. The molecule has 7 nitrogen and oxygen atoms in total. The van der Waals surface area contributed by atoms with Crippen LogP contribution in [0.4, 0.5) is 4.39 Å². The fourth-order valence-electron chi connectivity index (χ4n) is 2.55. The van der Waals surface area contributed by atoms with E-state index in [1.807, 2.05) is 19.1 Å². The quantitative estimate of drug-likeness (QED) is 0.306. The molecule has 29 heavy (non-hydrogen) atoms. The van der Waals surface area contributed by atoms with E-state index in [1.54, 1.807) is 13.2 Å². The average molecular weight is 536 g/mol. The third-order valence-corrected chi connectivity index (χ3v) is 4.64. The van der Waals surface area contributed by atoms with Crippen molar-refractivity contribution in [3.63, 3.8) is 0 Å². The van der Waals surface area contributed by atoms with Crippen molar-refractivity contribution < 1.29 is 17.5 Å². The third kappa shape index (κ3) is 8.94. The first kappa shape index (κ1) is 25.1. The maximum Gasteiger partial charge on any atom is 0.213 e. The summed E-state index contributed by atoms with van der Waals surface area (Å²) in [4.78, 5) is 8.26. The van der Waals surface area contributed by atoms with E-state index in [4.69, 9.17) is 4.74 Å². The number of halogens is 2. The number of aromatic nitrogens is 1. The Labute approximate surface area is 188 Å². The van der Waals surface area contributed by atoms with E-state index >= 15 is 0 Å². The predicted octanol–water partition coefficient (Wildman–Crippen LogP) is 2.65. The summed E-state index contributed by atoms with van der Waals surface area (Å²) in [5.41, 5.74) is 2.09. The molecule has 1 aromatic carbocycles. The zero-order chi connectivity index (χ0) is 20.6. The highest BCUT2D eigenvalue weighted by Gasteiger charge is 2.11. The van der Waals surface area contributed by atoms with Crippen LogP contribution in [-0.2, 0) is 28.7 Å². The molecule has 2 N–H and O–H groups in total. The molecule has 0 aliphatic heterocycles. The second-order valence-electron chi connectivity index (χ2n) is 6.20. The average Bonchev–Trinajstić information content (AvgIpc) is 2.63. The first-order chi connectivity index (χ1) is 13.3. The molecule has 0 saturated heterocycles. The van der Waals surface area contributed by atoms with Crippen molar-refractivity contribution in [1.29, 1.82) is 0 Å². The lowest BCUT2D eigenvalue weighted by molar-refractivity contribution is 0.326. The number of aliphatic imine (C=N–C) groups is 1. The monoisotopic (exact) mass is 536 g/mol. The largest absolute Gasteiger partial charge is 0.478 e. The fourth-order valence-corrected chi connectivity index (χ4v) is 3.40. The Bertz CT molecular complexity index is 939. The Morgan fingerprint density at radius 2 is 1.90 bits per heavy atom. The van der Waals surface area contributed by atoms with Gasteiger partial charge < -0.3 is 15.4 Å². The lowest BCUT2D eigenvalue weighted by atomic mass is 10.1. The van der Waals surface area contributed by atoms with Crippen LogP contribution in [-0.4, -0.2) is 39.3 Å². The second kappa shape index (κ2) is 11.9. The summed E-state index contributed by atoms with van der Waals surface area (Å²) in [7, 11) is -1.60. The minimum atomic E-state index is -3.23. The summed E-state index contributed by atoms with van der Waals surface area (Å²) in [6.07, 6.45) is 2.82. The minimum absolute atomic E-state index is 0. The molecule has 0 spiro atoms. The highest BCUT2D eigenvalue weighted by molar-refractivity contribution is 14.0. The Kier molecular flexibility index (Phi) is 10.3. The van der Waals surface area contributed by atoms with Gasteiger partial charge in [0.15, 0.2) is 15.8 Å². The zero-order valence-corrected chi connectivity index (χ0v) is 19.8. The number of ether oxygens (including phenoxy) is 1. The summed E-state index contributed by atoms with van der Waals surface area (Å²) in [6.45, 7) is 3.16. The molecule has 1 heterocycles.